The van der Waals surface area contributed by atoms with Crippen LogP contribution in [0.5, 0.6) is 0 Å². The number of nitrogens with zero attached hydrogens (tertiary/aromatic N) is 2. The fourth-order valence-corrected chi connectivity index (χ4v) is 2.80. The minimum Gasteiger partial charge on any atom is -0.359 e. The molecule has 1 aromatic rings. The molecule has 0 aliphatic carbocycles. The summed E-state index contributed by atoms with van der Waals surface area (Å²) in [4.78, 5) is 29.4. The van der Waals surface area contributed by atoms with E-state index >= 15 is 0 Å². The summed E-state index contributed by atoms with van der Waals surface area (Å²) in [6.07, 6.45) is -2.83. The molecule has 2 atom stereocenters. The van der Waals surface area contributed by atoms with Crippen LogP contribution in [0.15, 0.2) is 24.5 Å². The first-order chi connectivity index (χ1) is 11.3. The van der Waals surface area contributed by atoms with Gasteiger partial charge in [-0.2, -0.15) is 13.2 Å². The summed E-state index contributed by atoms with van der Waals surface area (Å²) in [5.41, 5.74) is 0.975. The number of hydrogen-bond acceptors (Lipinski definition) is 4. The molecule has 2 rings (SSSR count). The molecule has 0 spiro atoms. The Morgan fingerprint density at radius 3 is 2.54 bits per heavy atom. The molecular weight excluding hydrogens is 325 g/mol. The molecule has 132 valence electrons. The van der Waals surface area contributed by atoms with Crippen LogP contribution in [0.3, 0.4) is 0 Å². The molecule has 2 N–H and O–H groups in total. The van der Waals surface area contributed by atoms with Crippen LogP contribution < -0.4 is 10.6 Å². The van der Waals surface area contributed by atoms with Crippen LogP contribution in [-0.2, 0) is 16.1 Å². The van der Waals surface area contributed by atoms with Gasteiger partial charge in [-0.3, -0.25) is 19.5 Å². The van der Waals surface area contributed by atoms with Crippen molar-refractivity contribution in [1.82, 2.24) is 20.5 Å². The summed E-state index contributed by atoms with van der Waals surface area (Å²) >= 11 is 0. The average Bonchev–Trinajstić information content (AvgIpc) is 2.87. The van der Waals surface area contributed by atoms with Crippen molar-refractivity contribution in [3.63, 3.8) is 0 Å². The number of carbonyl (C=O) groups excluding carboxylic acids is 2. The summed E-state index contributed by atoms with van der Waals surface area (Å²) in [7, 11) is 1.46. The smallest absolute Gasteiger partial charge is 0.359 e. The van der Waals surface area contributed by atoms with Crippen molar-refractivity contribution >= 4 is 11.8 Å². The van der Waals surface area contributed by atoms with Crippen LogP contribution in [0, 0.1) is 5.92 Å². The Kier molecular flexibility index (Phi) is 5.76. The molecule has 1 fully saturated rings. The van der Waals surface area contributed by atoms with E-state index in [2.05, 4.69) is 15.6 Å². The average molecular weight is 344 g/mol. The summed E-state index contributed by atoms with van der Waals surface area (Å²) in [6, 6.07) is 3.00. The predicted molar refractivity (Wildman–Crippen MR) is 79.7 cm³/mol. The first-order valence-corrected chi connectivity index (χ1v) is 7.47. The molecule has 6 nitrogen and oxygen atoms in total. The number of hydrogen-bond donors (Lipinski definition) is 2. The molecule has 0 unspecified atom stereocenters. The second-order valence-corrected chi connectivity index (χ2v) is 5.74. The van der Waals surface area contributed by atoms with E-state index < -0.39 is 30.5 Å². The number of amides is 2. The number of pyridine rings is 1. The molecule has 0 bridgehead atoms. The van der Waals surface area contributed by atoms with E-state index in [0.717, 1.165) is 5.56 Å². The molecular formula is C15H19F3N4O2. The Morgan fingerprint density at radius 1 is 1.29 bits per heavy atom. The van der Waals surface area contributed by atoms with E-state index in [1.165, 1.54) is 7.05 Å². The minimum atomic E-state index is -4.57. The number of halogens is 3. The van der Waals surface area contributed by atoms with Crippen molar-refractivity contribution < 1.29 is 22.8 Å². The lowest BCUT2D eigenvalue weighted by Gasteiger charge is -2.19. The number of rotatable bonds is 5. The van der Waals surface area contributed by atoms with Gasteiger partial charge in [0.25, 0.3) is 0 Å². The maximum absolute atomic E-state index is 12.3. The SMILES string of the molecule is CNC(=O)[C@H]1CN(Cc2ccncc2)C[C@@H]1NC(=O)CC(F)(F)F. The Bertz CT molecular complexity index is 580. The van der Waals surface area contributed by atoms with Crippen LogP contribution >= 0.6 is 0 Å². The van der Waals surface area contributed by atoms with Gasteiger partial charge in [0.1, 0.15) is 6.42 Å². The van der Waals surface area contributed by atoms with E-state index in [1.54, 1.807) is 12.4 Å². The molecule has 0 radical (unpaired) electrons. The minimum absolute atomic E-state index is 0.301. The normalized spacial score (nSPS) is 21.5. The van der Waals surface area contributed by atoms with Gasteiger partial charge in [0.2, 0.25) is 11.8 Å². The van der Waals surface area contributed by atoms with E-state index in [4.69, 9.17) is 0 Å². The number of alkyl halides is 3. The van der Waals surface area contributed by atoms with Crippen molar-refractivity contribution in [2.75, 3.05) is 20.1 Å². The van der Waals surface area contributed by atoms with Gasteiger partial charge in [-0.15, -0.1) is 0 Å². The lowest BCUT2D eigenvalue weighted by atomic mass is 10.0. The maximum Gasteiger partial charge on any atom is 0.397 e. The Balaban J connectivity index is 2.01. The third-order valence-electron chi connectivity index (χ3n) is 3.84. The third kappa shape index (κ3) is 5.19. The fraction of sp³-hybridized carbons (Fsp3) is 0.533. The summed E-state index contributed by atoms with van der Waals surface area (Å²) < 4.78 is 36.9. The zero-order valence-corrected chi connectivity index (χ0v) is 13.1. The summed E-state index contributed by atoms with van der Waals surface area (Å²) in [5, 5.41) is 4.84. The molecule has 0 saturated carbocycles. The molecule has 1 aromatic heterocycles. The highest BCUT2D eigenvalue weighted by Gasteiger charge is 2.39. The molecule has 9 heteroatoms. The Morgan fingerprint density at radius 2 is 1.96 bits per heavy atom. The van der Waals surface area contributed by atoms with Gasteiger partial charge in [0.05, 0.1) is 12.0 Å². The van der Waals surface area contributed by atoms with Gasteiger partial charge < -0.3 is 10.6 Å². The highest BCUT2D eigenvalue weighted by atomic mass is 19.4. The lowest BCUT2D eigenvalue weighted by molar-refractivity contribution is -0.154. The van der Waals surface area contributed by atoms with Gasteiger partial charge in [-0.05, 0) is 17.7 Å². The zero-order chi connectivity index (χ0) is 17.7. The van der Waals surface area contributed by atoms with Crippen LogP contribution in [0.2, 0.25) is 0 Å². The maximum atomic E-state index is 12.3. The van der Waals surface area contributed by atoms with E-state index in [1.807, 2.05) is 17.0 Å². The molecule has 1 saturated heterocycles. The van der Waals surface area contributed by atoms with Crippen LogP contribution in [0.4, 0.5) is 13.2 Å². The molecule has 2 heterocycles. The van der Waals surface area contributed by atoms with E-state index in [0.29, 0.717) is 19.6 Å². The quantitative estimate of drug-likeness (QED) is 0.825. The summed E-state index contributed by atoms with van der Waals surface area (Å²) in [5.74, 6) is -2.01. The first kappa shape index (κ1) is 18.2. The first-order valence-electron chi connectivity index (χ1n) is 7.47. The highest BCUT2D eigenvalue weighted by Crippen LogP contribution is 2.22. The lowest BCUT2D eigenvalue weighted by Crippen LogP contribution is -2.46. The van der Waals surface area contributed by atoms with Crippen molar-refractivity contribution in [1.29, 1.82) is 0 Å². The van der Waals surface area contributed by atoms with Crippen LogP contribution in [-0.4, -0.2) is 54.1 Å². The van der Waals surface area contributed by atoms with E-state index in [-0.39, 0.29) is 5.91 Å². The van der Waals surface area contributed by atoms with Gasteiger partial charge in [-0.1, -0.05) is 0 Å². The number of aromatic nitrogens is 1. The third-order valence-corrected chi connectivity index (χ3v) is 3.84. The van der Waals surface area contributed by atoms with Crippen LogP contribution in [0.1, 0.15) is 12.0 Å². The highest BCUT2D eigenvalue weighted by molar-refractivity contribution is 5.82. The second-order valence-electron chi connectivity index (χ2n) is 5.74. The standard InChI is InChI=1S/C15H19F3N4O2/c1-19-14(24)11-8-22(7-10-2-4-20-5-3-10)9-12(11)21-13(23)6-15(16,17)18/h2-5,11-12H,6-9H2,1H3,(H,19,24)(H,21,23)/t11-,12-/m0/s1. The van der Waals surface area contributed by atoms with Crippen molar-refractivity contribution in [2.45, 2.75) is 25.2 Å². The summed E-state index contributed by atoms with van der Waals surface area (Å²) in [6.45, 7) is 1.20. The zero-order valence-electron chi connectivity index (χ0n) is 13.1. The Hall–Kier alpha value is -2.16. The molecule has 0 aromatic carbocycles. The Labute approximate surface area is 137 Å². The van der Waals surface area contributed by atoms with Gasteiger partial charge in [0, 0.05) is 39.1 Å². The predicted octanol–water partition coefficient (Wildman–Crippen LogP) is 0.697. The number of likely N-dealkylation sites (tertiary alicyclic amines) is 1. The topological polar surface area (TPSA) is 74.3 Å². The van der Waals surface area contributed by atoms with Crippen molar-refractivity contribution in [3.05, 3.63) is 30.1 Å². The van der Waals surface area contributed by atoms with Crippen LogP contribution in [0.25, 0.3) is 0 Å². The monoisotopic (exact) mass is 344 g/mol. The molecule has 1 aliphatic heterocycles. The number of nitrogens with one attached hydrogen (secondary N) is 2. The molecule has 24 heavy (non-hydrogen) atoms. The molecule has 1 aliphatic rings. The second kappa shape index (κ2) is 7.61. The largest absolute Gasteiger partial charge is 0.397 e. The van der Waals surface area contributed by atoms with Gasteiger partial charge >= 0.3 is 6.18 Å². The van der Waals surface area contributed by atoms with Crippen molar-refractivity contribution in [2.24, 2.45) is 5.92 Å². The fourth-order valence-electron chi connectivity index (χ4n) is 2.80. The van der Waals surface area contributed by atoms with E-state index in [9.17, 15) is 22.8 Å². The number of carbonyl (C=O) groups is 2. The van der Waals surface area contributed by atoms with Gasteiger partial charge in [0.15, 0.2) is 0 Å². The van der Waals surface area contributed by atoms with Crippen molar-refractivity contribution in [3.8, 4) is 0 Å². The molecule has 2 amide bonds. The van der Waals surface area contributed by atoms with Gasteiger partial charge in [-0.25, -0.2) is 0 Å².